The van der Waals surface area contributed by atoms with E-state index in [1.54, 1.807) is 6.92 Å². The Morgan fingerprint density at radius 1 is 1.38 bits per heavy atom. The fourth-order valence-corrected chi connectivity index (χ4v) is 4.52. The van der Waals surface area contributed by atoms with Crippen molar-refractivity contribution in [1.29, 1.82) is 0 Å². The lowest BCUT2D eigenvalue weighted by Gasteiger charge is -2.21. The van der Waals surface area contributed by atoms with Gasteiger partial charge in [-0.2, -0.15) is 4.31 Å². The van der Waals surface area contributed by atoms with Crippen molar-refractivity contribution in [2.24, 2.45) is 0 Å². The van der Waals surface area contributed by atoms with Gasteiger partial charge in [0.25, 0.3) is 0 Å². The molecule has 114 valence electrons. The Balaban J connectivity index is 2.44. The second-order valence-corrected chi connectivity index (χ2v) is 7.58. The molecule has 0 radical (unpaired) electrons. The van der Waals surface area contributed by atoms with E-state index in [4.69, 9.17) is 5.73 Å². The molecule has 4 nitrogen and oxygen atoms in total. The summed E-state index contributed by atoms with van der Waals surface area (Å²) in [6.45, 7) is 3.77. The highest BCUT2D eigenvalue weighted by atomic mass is 32.2. The fourth-order valence-electron chi connectivity index (χ4n) is 2.02. The van der Waals surface area contributed by atoms with Crippen LogP contribution in [0.2, 0.25) is 0 Å². The van der Waals surface area contributed by atoms with Gasteiger partial charge in [0, 0.05) is 29.2 Å². The largest absolute Gasteiger partial charge is 0.399 e. The smallest absolute Gasteiger partial charge is 0.243 e. The number of benzene rings is 1. The van der Waals surface area contributed by atoms with Crippen LogP contribution in [-0.2, 0) is 16.6 Å². The minimum absolute atomic E-state index is 0.0709. The van der Waals surface area contributed by atoms with Crippen molar-refractivity contribution < 1.29 is 12.8 Å². The molecule has 2 rings (SSSR count). The Kier molecular flexibility index (Phi) is 4.65. The quantitative estimate of drug-likeness (QED) is 0.858. The van der Waals surface area contributed by atoms with Crippen LogP contribution in [0.15, 0.2) is 34.5 Å². The first-order chi connectivity index (χ1) is 9.86. The number of nitrogens with zero attached hydrogens (tertiary/aromatic N) is 1. The van der Waals surface area contributed by atoms with E-state index in [9.17, 15) is 12.8 Å². The van der Waals surface area contributed by atoms with Gasteiger partial charge in [-0.25, -0.2) is 12.8 Å². The molecule has 0 fully saturated rings. The summed E-state index contributed by atoms with van der Waals surface area (Å²) < 4.78 is 40.5. The van der Waals surface area contributed by atoms with Crippen molar-refractivity contribution in [3.8, 4) is 0 Å². The first-order valence-electron chi connectivity index (χ1n) is 6.44. The lowest BCUT2D eigenvalue weighted by Crippen LogP contribution is -2.31. The lowest BCUT2D eigenvalue weighted by atomic mass is 10.2. The highest BCUT2D eigenvalue weighted by Gasteiger charge is 2.27. The predicted molar refractivity (Wildman–Crippen MR) is 83.1 cm³/mol. The second kappa shape index (κ2) is 6.13. The molecule has 0 spiro atoms. The van der Waals surface area contributed by atoms with Gasteiger partial charge in [-0.05, 0) is 30.5 Å². The zero-order valence-corrected chi connectivity index (χ0v) is 13.5. The van der Waals surface area contributed by atoms with Gasteiger partial charge in [0.1, 0.15) is 5.82 Å². The number of anilines is 1. The number of hydrogen-bond acceptors (Lipinski definition) is 4. The summed E-state index contributed by atoms with van der Waals surface area (Å²) in [5.74, 6) is -0.610. The summed E-state index contributed by atoms with van der Waals surface area (Å²) in [6.07, 6.45) is 0. The topological polar surface area (TPSA) is 63.4 Å². The molecule has 0 saturated heterocycles. The molecule has 0 bridgehead atoms. The van der Waals surface area contributed by atoms with E-state index in [0.29, 0.717) is 6.54 Å². The first-order valence-corrected chi connectivity index (χ1v) is 8.76. The standard InChI is InChI=1S/C14H17FN2O2S2/c1-3-17(9-12-5-4-6-20-12)21(18,19)14-8-11(16)7-13(15)10(14)2/h4-8H,3,9,16H2,1-2H3. The van der Waals surface area contributed by atoms with E-state index < -0.39 is 15.8 Å². The summed E-state index contributed by atoms with van der Waals surface area (Å²) in [4.78, 5) is 0.862. The molecule has 0 aliphatic heterocycles. The van der Waals surface area contributed by atoms with E-state index in [-0.39, 0.29) is 22.7 Å². The van der Waals surface area contributed by atoms with Gasteiger partial charge in [-0.1, -0.05) is 13.0 Å². The Morgan fingerprint density at radius 3 is 2.67 bits per heavy atom. The molecule has 0 aliphatic rings. The van der Waals surface area contributed by atoms with E-state index in [1.807, 2.05) is 17.5 Å². The molecule has 0 unspecified atom stereocenters. The minimum Gasteiger partial charge on any atom is -0.399 e. The predicted octanol–water partition coefficient (Wildman–Crippen LogP) is 2.99. The average Bonchev–Trinajstić information content (AvgIpc) is 2.92. The van der Waals surface area contributed by atoms with Crippen molar-refractivity contribution in [3.63, 3.8) is 0 Å². The number of hydrogen-bond donors (Lipinski definition) is 1. The van der Waals surface area contributed by atoms with Gasteiger partial charge in [-0.15, -0.1) is 11.3 Å². The first kappa shape index (κ1) is 15.9. The number of thiophene rings is 1. The summed E-state index contributed by atoms with van der Waals surface area (Å²) in [6, 6.07) is 6.18. The lowest BCUT2D eigenvalue weighted by molar-refractivity contribution is 0.425. The molecule has 0 atom stereocenters. The summed E-state index contributed by atoms with van der Waals surface area (Å²) in [5, 5.41) is 1.89. The third-order valence-electron chi connectivity index (χ3n) is 3.20. The molecular weight excluding hydrogens is 311 g/mol. The van der Waals surface area contributed by atoms with Crippen molar-refractivity contribution in [1.82, 2.24) is 4.31 Å². The van der Waals surface area contributed by atoms with Crippen LogP contribution in [0.1, 0.15) is 17.4 Å². The monoisotopic (exact) mass is 328 g/mol. The normalized spacial score (nSPS) is 12.0. The number of sulfonamides is 1. The molecular formula is C14H17FN2O2S2. The van der Waals surface area contributed by atoms with Gasteiger partial charge >= 0.3 is 0 Å². The van der Waals surface area contributed by atoms with Crippen LogP contribution in [0.25, 0.3) is 0 Å². The van der Waals surface area contributed by atoms with E-state index in [2.05, 4.69) is 0 Å². The van der Waals surface area contributed by atoms with Gasteiger partial charge < -0.3 is 5.73 Å². The molecule has 0 aliphatic carbocycles. The highest BCUT2D eigenvalue weighted by Crippen LogP contribution is 2.26. The molecule has 7 heteroatoms. The summed E-state index contributed by atoms with van der Waals surface area (Å²) in [5.41, 5.74) is 5.77. The van der Waals surface area contributed by atoms with Crippen molar-refractivity contribution in [2.45, 2.75) is 25.3 Å². The molecule has 21 heavy (non-hydrogen) atoms. The maximum absolute atomic E-state index is 13.8. The Hall–Kier alpha value is -1.44. The van der Waals surface area contributed by atoms with Gasteiger partial charge in [0.15, 0.2) is 0 Å². The molecule has 1 heterocycles. The van der Waals surface area contributed by atoms with Crippen LogP contribution in [0, 0.1) is 12.7 Å². The number of nitrogens with two attached hydrogens (primary N) is 1. The van der Waals surface area contributed by atoms with Crippen molar-refractivity contribution in [3.05, 3.63) is 45.9 Å². The Labute approximate surface area is 128 Å². The molecule has 0 amide bonds. The van der Waals surface area contributed by atoms with Crippen LogP contribution in [0.3, 0.4) is 0 Å². The van der Waals surface area contributed by atoms with Gasteiger partial charge in [0.05, 0.1) is 4.90 Å². The summed E-state index contributed by atoms with van der Waals surface area (Å²) in [7, 11) is -3.78. The average molecular weight is 328 g/mol. The zero-order valence-electron chi connectivity index (χ0n) is 11.8. The SMILES string of the molecule is CCN(Cc1cccs1)S(=O)(=O)c1cc(N)cc(F)c1C. The van der Waals surface area contributed by atoms with Crippen LogP contribution in [0.5, 0.6) is 0 Å². The molecule has 1 aromatic carbocycles. The third-order valence-corrected chi connectivity index (χ3v) is 6.11. The van der Waals surface area contributed by atoms with Gasteiger partial charge in [0.2, 0.25) is 10.0 Å². The van der Waals surface area contributed by atoms with Crippen LogP contribution >= 0.6 is 11.3 Å². The maximum atomic E-state index is 13.8. The maximum Gasteiger partial charge on any atom is 0.243 e. The fraction of sp³-hybridized carbons (Fsp3) is 0.286. The van der Waals surface area contributed by atoms with E-state index in [0.717, 1.165) is 10.9 Å². The molecule has 2 aromatic rings. The minimum atomic E-state index is -3.78. The van der Waals surface area contributed by atoms with E-state index >= 15 is 0 Å². The summed E-state index contributed by atoms with van der Waals surface area (Å²) >= 11 is 1.48. The van der Waals surface area contributed by atoms with Crippen LogP contribution in [0.4, 0.5) is 10.1 Å². The number of halogens is 1. The van der Waals surface area contributed by atoms with Gasteiger partial charge in [-0.3, -0.25) is 0 Å². The second-order valence-electron chi connectivity index (χ2n) is 4.64. The Morgan fingerprint density at radius 2 is 2.10 bits per heavy atom. The van der Waals surface area contributed by atoms with Crippen LogP contribution < -0.4 is 5.73 Å². The molecule has 1 aromatic heterocycles. The highest BCUT2D eigenvalue weighted by molar-refractivity contribution is 7.89. The number of rotatable bonds is 5. The number of nitrogen functional groups attached to an aromatic ring is 1. The molecule has 2 N–H and O–H groups in total. The molecule has 0 saturated carbocycles. The Bertz CT molecular complexity index is 728. The van der Waals surface area contributed by atoms with E-state index in [1.165, 1.54) is 28.6 Å². The van der Waals surface area contributed by atoms with Crippen molar-refractivity contribution in [2.75, 3.05) is 12.3 Å². The third kappa shape index (κ3) is 3.25. The van der Waals surface area contributed by atoms with Crippen LogP contribution in [-0.4, -0.2) is 19.3 Å². The zero-order chi connectivity index (χ0) is 15.6. The van der Waals surface area contributed by atoms with Crippen molar-refractivity contribution >= 4 is 27.0 Å².